The van der Waals surface area contributed by atoms with Crippen LogP contribution in [0.15, 0.2) is 29.5 Å². The summed E-state index contributed by atoms with van der Waals surface area (Å²) in [5.41, 5.74) is 0.708. The fraction of sp³-hybridized carbons (Fsp3) is 0.375. The minimum atomic E-state index is 0.208. The summed E-state index contributed by atoms with van der Waals surface area (Å²) in [5.74, 6) is 0.208. The molecular weight excluding hydrogens is 126 g/mol. The first kappa shape index (κ1) is 8.95. The third-order valence-electron chi connectivity index (χ3n) is 1.18. The number of nitrogens with zero attached hydrogens (tertiary/aromatic N) is 1. The van der Waals surface area contributed by atoms with Crippen molar-refractivity contribution in [1.29, 1.82) is 0 Å². The van der Waals surface area contributed by atoms with Gasteiger partial charge in [0.2, 0.25) is 0 Å². The summed E-state index contributed by atoms with van der Waals surface area (Å²) in [4.78, 5) is 3.88. The Bertz CT molecular complexity index is 168. The summed E-state index contributed by atoms with van der Waals surface area (Å²) in [6.07, 6.45) is 3.81. The Hall–Kier alpha value is -1.05. The van der Waals surface area contributed by atoms with Crippen molar-refractivity contribution in [3.05, 3.63) is 24.5 Å². The van der Waals surface area contributed by atoms with Gasteiger partial charge >= 0.3 is 0 Å². The van der Waals surface area contributed by atoms with Crippen molar-refractivity contribution in [1.82, 2.24) is 0 Å². The number of hydrogen-bond donors (Lipinski definition) is 1. The Morgan fingerprint density at radius 3 is 2.60 bits per heavy atom. The van der Waals surface area contributed by atoms with Gasteiger partial charge in [-0.1, -0.05) is 19.6 Å². The standard InChI is InChI=1S/C8H13NO/c1-4-6-8(10)7(5-2)9-3/h4,6,10H,1,5H2,2-3H3/b8-6+,9-7-. The topological polar surface area (TPSA) is 32.6 Å². The average Bonchev–Trinajstić information content (AvgIpc) is 1.91. The molecule has 2 nitrogen and oxygen atoms in total. The van der Waals surface area contributed by atoms with Gasteiger partial charge in [0.15, 0.2) is 0 Å². The third kappa shape index (κ3) is 2.49. The van der Waals surface area contributed by atoms with E-state index in [0.29, 0.717) is 5.71 Å². The van der Waals surface area contributed by atoms with E-state index in [1.165, 1.54) is 12.2 Å². The SMILES string of the molecule is C=C/C=C(O)\C(CC)=N/C. The van der Waals surface area contributed by atoms with Crippen LogP contribution in [-0.4, -0.2) is 17.9 Å². The quantitative estimate of drug-likeness (QED) is 0.362. The van der Waals surface area contributed by atoms with Crippen molar-refractivity contribution < 1.29 is 5.11 Å². The predicted octanol–water partition coefficient (Wildman–Crippen LogP) is 2.10. The van der Waals surface area contributed by atoms with Gasteiger partial charge in [-0.3, -0.25) is 4.99 Å². The second kappa shape index (κ2) is 4.79. The van der Waals surface area contributed by atoms with Crippen LogP contribution in [0.4, 0.5) is 0 Å². The number of aliphatic hydroxyl groups is 1. The fourth-order valence-corrected chi connectivity index (χ4v) is 0.662. The lowest BCUT2D eigenvalue weighted by molar-refractivity contribution is 0.441. The molecule has 0 radical (unpaired) electrons. The van der Waals surface area contributed by atoms with Crippen molar-refractivity contribution in [2.24, 2.45) is 4.99 Å². The Morgan fingerprint density at radius 1 is 1.70 bits per heavy atom. The second-order valence-electron chi connectivity index (χ2n) is 1.81. The number of aliphatic hydroxyl groups excluding tert-OH is 1. The highest BCUT2D eigenvalue weighted by molar-refractivity contribution is 5.97. The molecule has 0 saturated carbocycles. The van der Waals surface area contributed by atoms with Gasteiger partial charge < -0.3 is 5.11 Å². The molecule has 0 aromatic rings. The summed E-state index contributed by atoms with van der Waals surface area (Å²) in [6, 6.07) is 0. The molecule has 0 aliphatic carbocycles. The van der Waals surface area contributed by atoms with Crippen molar-refractivity contribution in [3.63, 3.8) is 0 Å². The molecule has 56 valence electrons. The van der Waals surface area contributed by atoms with Crippen LogP contribution in [0.25, 0.3) is 0 Å². The molecule has 1 N–H and O–H groups in total. The predicted molar refractivity (Wildman–Crippen MR) is 44.6 cm³/mol. The molecule has 0 atom stereocenters. The first-order valence-electron chi connectivity index (χ1n) is 3.24. The van der Waals surface area contributed by atoms with E-state index in [4.69, 9.17) is 5.11 Å². The lowest BCUT2D eigenvalue weighted by Gasteiger charge is -1.98. The van der Waals surface area contributed by atoms with Crippen molar-refractivity contribution in [3.8, 4) is 0 Å². The molecule has 0 aromatic carbocycles. The minimum absolute atomic E-state index is 0.208. The molecule has 0 bridgehead atoms. The molecule has 2 heteroatoms. The second-order valence-corrected chi connectivity index (χ2v) is 1.81. The molecule has 0 aromatic heterocycles. The maximum absolute atomic E-state index is 9.17. The van der Waals surface area contributed by atoms with Crippen LogP contribution in [0.1, 0.15) is 13.3 Å². The fourth-order valence-electron chi connectivity index (χ4n) is 0.662. The Balaban J connectivity index is 4.30. The average molecular weight is 139 g/mol. The van der Waals surface area contributed by atoms with Crippen LogP contribution < -0.4 is 0 Å². The van der Waals surface area contributed by atoms with Gasteiger partial charge in [-0.15, -0.1) is 0 Å². The van der Waals surface area contributed by atoms with Gasteiger partial charge in [0.25, 0.3) is 0 Å². The molecule has 0 aliphatic rings. The maximum Gasteiger partial charge on any atom is 0.136 e. The van der Waals surface area contributed by atoms with Crippen LogP contribution in [0.3, 0.4) is 0 Å². The van der Waals surface area contributed by atoms with Crippen molar-refractivity contribution >= 4 is 5.71 Å². The normalized spacial score (nSPS) is 13.4. The molecule has 0 spiro atoms. The van der Waals surface area contributed by atoms with E-state index in [9.17, 15) is 0 Å². The van der Waals surface area contributed by atoms with Crippen LogP contribution in [0, 0.1) is 0 Å². The Morgan fingerprint density at radius 2 is 2.30 bits per heavy atom. The van der Waals surface area contributed by atoms with E-state index < -0.39 is 0 Å². The first-order valence-corrected chi connectivity index (χ1v) is 3.24. The lowest BCUT2D eigenvalue weighted by atomic mass is 10.2. The van der Waals surface area contributed by atoms with Crippen molar-refractivity contribution in [2.75, 3.05) is 7.05 Å². The third-order valence-corrected chi connectivity index (χ3v) is 1.18. The van der Waals surface area contributed by atoms with Gasteiger partial charge in [0, 0.05) is 7.05 Å². The Kier molecular flexibility index (Phi) is 4.29. The molecule has 0 heterocycles. The van der Waals surface area contributed by atoms with Gasteiger partial charge in [-0.25, -0.2) is 0 Å². The first-order chi connectivity index (χ1) is 4.76. The molecule has 0 aliphatic heterocycles. The van der Waals surface area contributed by atoms with E-state index in [0.717, 1.165) is 6.42 Å². The molecule has 0 unspecified atom stereocenters. The van der Waals surface area contributed by atoms with E-state index in [1.54, 1.807) is 7.05 Å². The number of allylic oxidation sites excluding steroid dienone is 3. The van der Waals surface area contributed by atoms with E-state index in [1.807, 2.05) is 6.92 Å². The van der Waals surface area contributed by atoms with E-state index >= 15 is 0 Å². The van der Waals surface area contributed by atoms with Crippen LogP contribution in [0.2, 0.25) is 0 Å². The molecule has 0 fully saturated rings. The maximum atomic E-state index is 9.17. The number of rotatable bonds is 3. The van der Waals surface area contributed by atoms with Crippen LogP contribution >= 0.6 is 0 Å². The minimum Gasteiger partial charge on any atom is -0.506 e. The smallest absolute Gasteiger partial charge is 0.136 e. The highest BCUT2D eigenvalue weighted by Crippen LogP contribution is 1.97. The zero-order chi connectivity index (χ0) is 7.98. The van der Waals surface area contributed by atoms with Crippen LogP contribution in [-0.2, 0) is 0 Å². The van der Waals surface area contributed by atoms with Gasteiger partial charge in [-0.05, 0) is 12.5 Å². The van der Waals surface area contributed by atoms with E-state index in [2.05, 4.69) is 11.6 Å². The molecule has 0 amide bonds. The zero-order valence-corrected chi connectivity index (χ0v) is 6.46. The summed E-state index contributed by atoms with van der Waals surface area (Å²) in [6.45, 7) is 5.40. The molecule has 0 rings (SSSR count). The molecular formula is C8H13NO. The summed E-state index contributed by atoms with van der Waals surface area (Å²) in [7, 11) is 1.66. The number of hydrogen-bond acceptors (Lipinski definition) is 2. The summed E-state index contributed by atoms with van der Waals surface area (Å²) < 4.78 is 0. The van der Waals surface area contributed by atoms with Crippen LogP contribution in [0.5, 0.6) is 0 Å². The highest BCUT2D eigenvalue weighted by Gasteiger charge is 1.97. The van der Waals surface area contributed by atoms with E-state index in [-0.39, 0.29) is 5.76 Å². The van der Waals surface area contributed by atoms with Gasteiger partial charge in [-0.2, -0.15) is 0 Å². The zero-order valence-electron chi connectivity index (χ0n) is 6.46. The highest BCUT2D eigenvalue weighted by atomic mass is 16.3. The summed E-state index contributed by atoms with van der Waals surface area (Å²) in [5, 5.41) is 9.17. The summed E-state index contributed by atoms with van der Waals surface area (Å²) >= 11 is 0. The Labute approximate surface area is 61.6 Å². The molecule has 0 saturated heterocycles. The largest absolute Gasteiger partial charge is 0.506 e. The van der Waals surface area contributed by atoms with Gasteiger partial charge in [0.05, 0.1) is 5.71 Å². The lowest BCUT2D eigenvalue weighted by Crippen LogP contribution is -1.99. The molecule has 10 heavy (non-hydrogen) atoms. The monoisotopic (exact) mass is 139 g/mol. The van der Waals surface area contributed by atoms with Crippen molar-refractivity contribution in [2.45, 2.75) is 13.3 Å². The van der Waals surface area contributed by atoms with Gasteiger partial charge in [0.1, 0.15) is 5.76 Å². The number of aliphatic imine (C=N–C) groups is 1.